The van der Waals surface area contributed by atoms with Crippen molar-refractivity contribution in [1.29, 1.82) is 0 Å². The van der Waals surface area contributed by atoms with Crippen LogP contribution in [0.1, 0.15) is 15.9 Å². The molecule has 0 saturated carbocycles. The Morgan fingerprint density at radius 3 is 1.70 bits per heavy atom. The highest BCUT2D eigenvalue weighted by atomic mass is 32.2. The molecule has 0 heterocycles. The average molecular weight is 292 g/mol. The second-order valence-corrected chi connectivity index (χ2v) is 5.64. The largest absolute Gasteiger partial charge is 0.366 e. The van der Waals surface area contributed by atoms with E-state index in [9.17, 15) is 13.2 Å². The van der Waals surface area contributed by atoms with Gasteiger partial charge in [-0.05, 0) is 17.7 Å². The first-order valence-electron chi connectivity index (χ1n) is 5.78. The van der Waals surface area contributed by atoms with Gasteiger partial charge in [-0.25, -0.2) is 13.6 Å². The van der Waals surface area contributed by atoms with Crippen LogP contribution in [0.5, 0.6) is 0 Å². The second-order valence-electron chi connectivity index (χ2n) is 4.02. The van der Waals surface area contributed by atoms with Gasteiger partial charge in [0.15, 0.2) is 0 Å². The average Bonchev–Trinajstić information content (AvgIpc) is 2.40. The molecule has 0 saturated heterocycles. The molecule has 0 aromatic heterocycles. The van der Waals surface area contributed by atoms with Crippen molar-refractivity contribution in [3.63, 3.8) is 0 Å². The van der Waals surface area contributed by atoms with Crippen LogP contribution >= 0.6 is 0 Å². The maximum absolute atomic E-state index is 10.6. The minimum atomic E-state index is -3.38. The maximum atomic E-state index is 10.6. The zero-order chi connectivity index (χ0) is 15.0. The Bertz CT molecular complexity index is 641. The summed E-state index contributed by atoms with van der Waals surface area (Å²) < 4.78 is 21.2. The van der Waals surface area contributed by atoms with Gasteiger partial charge in [-0.15, -0.1) is 0 Å². The summed E-state index contributed by atoms with van der Waals surface area (Å²) in [4.78, 5) is 10.4. The van der Waals surface area contributed by atoms with E-state index in [0.29, 0.717) is 5.56 Å². The lowest BCUT2D eigenvalue weighted by molar-refractivity contribution is 0.100. The third-order valence-corrected chi connectivity index (χ3v) is 3.00. The summed E-state index contributed by atoms with van der Waals surface area (Å²) in [6, 6.07) is 17.6. The van der Waals surface area contributed by atoms with E-state index in [-0.39, 0.29) is 11.7 Å². The fourth-order valence-corrected chi connectivity index (χ4v) is 2.07. The molecular formula is C14H16N2O3S. The summed E-state index contributed by atoms with van der Waals surface area (Å²) in [5.74, 6) is -0.469. The molecule has 2 aromatic carbocycles. The van der Waals surface area contributed by atoms with Gasteiger partial charge >= 0.3 is 0 Å². The standard InChI is InChI=1S/C7H9NO2S.C7H7NO/c8-11(9,10)6-7-4-2-1-3-5-7;8-7(9)6-4-2-1-3-5-6/h1-5H,6H2,(H2,8,9,10);1-5H,(H2,8,9). The van der Waals surface area contributed by atoms with Crippen molar-refractivity contribution < 1.29 is 13.2 Å². The van der Waals surface area contributed by atoms with Crippen LogP contribution in [-0.2, 0) is 15.8 Å². The molecule has 0 radical (unpaired) electrons. The van der Waals surface area contributed by atoms with Crippen molar-refractivity contribution in [2.24, 2.45) is 10.9 Å². The minimum Gasteiger partial charge on any atom is -0.366 e. The molecule has 2 rings (SSSR count). The van der Waals surface area contributed by atoms with Crippen LogP contribution in [0.15, 0.2) is 60.7 Å². The predicted molar refractivity (Wildman–Crippen MR) is 78.2 cm³/mol. The molecule has 2 aromatic rings. The van der Waals surface area contributed by atoms with E-state index in [1.165, 1.54) is 0 Å². The number of sulfonamides is 1. The van der Waals surface area contributed by atoms with Crippen LogP contribution in [0.2, 0.25) is 0 Å². The summed E-state index contributed by atoms with van der Waals surface area (Å²) in [6.07, 6.45) is 0. The van der Waals surface area contributed by atoms with Crippen LogP contribution in [-0.4, -0.2) is 14.3 Å². The first-order chi connectivity index (χ1) is 9.38. The van der Waals surface area contributed by atoms with Crippen molar-refractivity contribution >= 4 is 15.9 Å². The van der Waals surface area contributed by atoms with Gasteiger partial charge in [-0.3, -0.25) is 4.79 Å². The van der Waals surface area contributed by atoms with Gasteiger partial charge in [0.25, 0.3) is 0 Å². The zero-order valence-electron chi connectivity index (χ0n) is 10.8. The summed E-state index contributed by atoms with van der Waals surface area (Å²) >= 11 is 0. The summed E-state index contributed by atoms with van der Waals surface area (Å²) in [5.41, 5.74) is 6.25. The smallest absolute Gasteiger partial charge is 0.248 e. The molecular weight excluding hydrogens is 276 g/mol. The molecule has 5 nitrogen and oxygen atoms in total. The number of carbonyl (C=O) groups excluding carboxylic acids is 1. The normalized spacial score (nSPS) is 10.2. The Morgan fingerprint density at radius 1 is 0.900 bits per heavy atom. The molecule has 0 fully saturated rings. The van der Waals surface area contributed by atoms with Crippen molar-refractivity contribution in [2.45, 2.75) is 5.75 Å². The summed E-state index contributed by atoms with van der Waals surface area (Å²) in [7, 11) is -3.38. The molecule has 0 unspecified atom stereocenters. The van der Waals surface area contributed by atoms with Crippen LogP contribution in [0, 0.1) is 0 Å². The lowest BCUT2D eigenvalue weighted by atomic mass is 10.2. The lowest BCUT2D eigenvalue weighted by Crippen LogP contribution is -2.14. The molecule has 1 amide bonds. The van der Waals surface area contributed by atoms with Crippen molar-refractivity contribution in [2.75, 3.05) is 0 Å². The fourth-order valence-electron chi connectivity index (χ4n) is 1.41. The van der Waals surface area contributed by atoms with E-state index in [1.54, 1.807) is 48.5 Å². The maximum Gasteiger partial charge on any atom is 0.248 e. The van der Waals surface area contributed by atoms with Gasteiger partial charge in [0.2, 0.25) is 15.9 Å². The number of hydrogen-bond acceptors (Lipinski definition) is 3. The van der Waals surface area contributed by atoms with Crippen LogP contribution in [0.3, 0.4) is 0 Å². The van der Waals surface area contributed by atoms with E-state index >= 15 is 0 Å². The Morgan fingerprint density at radius 2 is 1.35 bits per heavy atom. The molecule has 0 bridgehead atoms. The van der Waals surface area contributed by atoms with Gasteiger partial charge in [-0.2, -0.15) is 0 Å². The van der Waals surface area contributed by atoms with Crippen molar-refractivity contribution in [3.05, 3.63) is 71.8 Å². The number of primary amides is 1. The molecule has 0 spiro atoms. The molecule has 4 N–H and O–H groups in total. The van der Waals surface area contributed by atoms with Crippen molar-refractivity contribution in [1.82, 2.24) is 0 Å². The first kappa shape index (κ1) is 15.9. The zero-order valence-corrected chi connectivity index (χ0v) is 11.6. The molecule has 0 atom stereocenters. The molecule has 0 aliphatic carbocycles. The van der Waals surface area contributed by atoms with E-state index < -0.39 is 10.0 Å². The highest BCUT2D eigenvalue weighted by molar-refractivity contribution is 7.88. The minimum absolute atomic E-state index is 0.0894. The van der Waals surface area contributed by atoms with Gasteiger partial charge in [0, 0.05) is 5.56 Å². The SMILES string of the molecule is NC(=O)c1ccccc1.NS(=O)(=O)Cc1ccccc1. The van der Waals surface area contributed by atoms with Crippen LogP contribution < -0.4 is 10.9 Å². The Balaban J connectivity index is 0.000000204. The summed E-state index contributed by atoms with van der Waals surface area (Å²) in [6.45, 7) is 0. The van der Waals surface area contributed by atoms with Gasteiger partial charge in [0.1, 0.15) is 0 Å². The van der Waals surface area contributed by atoms with E-state index in [4.69, 9.17) is 10.9 Å². The highest BCUT2D eigenvalue weighted by Gasteiger charge is 2.02. The Kier molecular flexibility index (Phi) is 5.89. The summed E-state index contributed by atoms with van der Waals surface area (Å²) in [5, 5.41) is 4.84. The Labute approximate surface area is 118 Å². The molecule has 0 aliphatic heterocycles. The van der Waals surface area contributed by atoms with Crippen LogP contribution in [0.25, 0.3) is 0 Å². The Hall–Kier alpha value is -2.18. The molecule has 106 valence electrons. The monoisotopic (exact) mass is 292 g/mol. The fraction of sp³-hybridized carbons (Fsp3) is 0.0714. The first-order valence-corrected chi connectivity index (χ1v) is 7.49. The number of hydrogen-bond donors (Lipinski definition) is 2. The van der Waals surface area contributed by atoms with Crippen LogP contribution in [0.4, 0.5) is 0 Å². The molecule has 6 heteroatoms. The quantitative estimate of drug-likeness (QED) is 0.890. The number of nitrogens with two attached hydrogens (primary N) is 2. The third-order valence-electron chi connectivity index (χ3n) is 2.27. The van der Waals surface area contributed by atoms with E-state index in [0.717, 1.165) is 5.56 Å². The number of amides is 1. The predicted octanol–water partition coefficient (Wildman–Crippen LogP) is 1.26. The van der Waals surface area contributed by atoms with Gasteiger partial charge in [0.05, 0.1) is 5.75 Å². The lowest BCUT2D eigenvalue weighted by Gasteiger charge is -1.96. The topological polar surface area (TPSA) is 103 Å². The van der Waals surface area contributed by atoms with Gasteiger partial charge < -0.3 is 5.73 Å². The number of benzene rings is 2. The van der Waals surface area contributed by atoms with E-state index in [1.807, 2.05) is 12.1 Å². The van der Waals surface area contributed by atoms with E-state index in [2.05, 4.69) is 0 Å². The highest BCUT2D eigenvalue weighted by Crippen LogP contribution is 2.01. The molecule has 20 heavy (non-hydrogen) atoms. The molecule has 0 aliphatic rings. The van der Waals surface area contributed by atoms with Crippen molar-refractivity contribution in [3.8, 4) is 0 Å². The number of rotatable bonds is 3. The number of primary sulfonamides is 1. The third kappa shape index (κ3) is 6.67. The van der Waals surface area contributed by atoms with Gasteiger partial charge in [-0.1, -0.05) is 48.5 Å². The number of carbonyl (C=O) groups is 1. The second kappa shape index (κ2) is 7.42.